The molecule has 1 aromatic heterocycles. The number of carboxylic acids is 1. The number of nitrogens with one attached hydrogen (secondary N) is 2. The highest BCUT2D eigenvalue weighted by Gasteiger charge is 2.59. The van der Waals surface area contributed by atoms with Crippen molar-refractivity contribution in [2.45, 2.75) is 82.8 Å². The Labute approximate surface area is 189 Å². The van der Waals surface area contributed by atoms with Gasteiger partial charge < -0.3 is 20.5 Å². The number of pyridine rings is 1. The lowest BCUT2D eigenvalue weighted by Gasteiger charge is -2.35. The number of rotatable bonds is 11. The normalized spacial score (nSPS) is 26.2. The molecule has 0 saturated heterocycles. The largest absolute Gasteiger partial charge is 0.480 e. The van der Waals surface area contributed by atoms with Gasteiger partial charge in [0.25, 0.3) is 0 Å². The lowest BCUT2D eigenvalue weighted by molar-refractivity contribution is -0.144. The van der Waals surface area contributed by atoms with Gasteiger partial charge in [-0.1, -0.05) is 6.07 Å². The second-order valence-corrected chi connectivity index (χ2v) is 10.3. The SMILES string of the molecule is O=C(O)C(CCOC1CC(CCc2ccc3c(n2)NCCC3)C1)NC(=O)C1(C2CC2)CC1. The van der Waals surface area contributed by atoms with Crippen LogP contribution in [0.1, 0.15) is 69.0 Å². The molecule has 0 aromatic carbocycles. The predicted octanol–water partition coefficient (Wildman–Crippen LogP) is 3.32. The van der Waals surface area contributed by atoms with Gasteiger partial charge >= 0.3 is 5.97 Å². The Morgan fingerprint density at radius 3 is 2.81 bits per heavy atom. The van der Waals surface area contributed by atoms with E-state index >= 15 is 0 Å². The van der Waals surface area contributed by atoms with Crippen LogP contribution in [0.2, 0.25) is 0 Å². The predicted molar refractivity (Wildman–Crippen MR) is 120 cm³/mol. The maximum Gasteiger partial charge on any atom is 0.326 e. The molecule has 1 unspecified atom stereocenters. The second kappa shape index (κ2) is 9.00. The topological polar surface area (TPSA) is 101 Å². The van der Waals surface area contributed by atoms with Gasteiger partial charge in [-0.3, -0.25) is 4.79 Å². The first-order valence-corrected chi connectivity index (χ1v) is 12.4. The van der Waals surface area contributed by atoms with Gasteiger partial charge in [-0.25, -0.2) is 9.78 Å². The zero-order valence-corrected chi connectivity index (χ0v) is 18.8. The van der Waals surface area contributed by atoms with Crippen molar-refractivity contribution in [3.63, 3.8) is 0 Å². The summed E-state index contributed by atoms with van der Waals surface area (Å²) in [5.74, 6) is 1.17. The van der Waals surface area contributed by atoms with Crippen molar-refractivity contribution in [1.82, 2.24) is 10.3 Å². The van der Waals surface area contributed by atoms with Gasteiger partial charge in [0.2, 0.25) is 5.91 Å². The van der Waals surface area contributed by atoms with Crippen molar-refractivity contribution >= 4 is 17.7 Å². The fourth-order valence-corrected chi connectivity index (χ4v) is 5.41. The molecule has 3 aliphatic carbocycles. The summed E-state index contributed by atoms with van der Waals surface area (Å²) in [4.78, 5) is 29.0. The highest BCUT2D eigenvalue weighted by Crippen LogP contribution is 2.61. The van der Waals surface area contributed by atoms with E-state index in [1.54, 1.807) is 0 Å². The summed E-state index contributed by atoms with van der Waals surface area (Å²) in [7, 11) is 0. The lowest BCUT2D eigenvalue weighted by atomic mass is 9.79. The Kier molecular flexibility index (Phi) is 6.10. The third-order valence-electron chi connectivity index (χ3n) is 7.92. The number of nitrogens with zero attached hydrogens (tertiary/aromatic N) is 1. The van der Waals surface area contributed by atoms with Gasteiger partial charge in [-0.2, -0.15) is 0 Å². The smallest absolute Gasteiger partial charge is 0.326 e. The number of aliphatic carboxylic acids is 1. The molecular weight excluding hydrogens is 406 g/mol. The summed E-state index contributed by atoms with van der Waals surface area (Å²) >= 11 is 0. The minimum absolute atomic E-state index is 0.0536. The monoisotopic (exact) mass is 441 g/mol. The molecule has 32 heavy (non-hydrogen) atoms. The number of hydrogen-bond donors (Lipinski definition) is 3. The number of aryl methyl sites for hydroxylation is 2. The van der Waals surface area contributed by atoms with Crippen LogP contribution in [0.5, 0.6) is 0 Å². The average molecular weight is 442 g/mol. The van der Waals surface area contributed by atoms with E-state index in [0.29, 0.717) is 24.9 Å². The quantitative estimate of drug-likeness (QED) is 0.487. The van der Waals surface area contributed by atoms with Gasteiger partial charge in [0.1, 0.15) is 11.9 Å². The van der Waals surface area contributed by atoms with Gasteiger partial charge in [-0.05, 0) is 87.7 Å². The summed E-state index contributed by atoms with van der Waals surface area (Å²) in [6, 6.07) is 3.52. The van der Waals surface area contributed by atoms with Gasteiger partial charge in [0.05, 0.1) is 11.5 Å². The van der Waals surface area contributed by atoms with Crippen LogP contribution >= 0.6 is 0 Å². The lowest BCUT2D eigenvalue weighted by Crippen LogP contribution is -2.45. The molecule has 3 N–H and O–H groups in total. The number of hydrogen-bond acceptors (Lipinski definition) is 5. The van der Waals surface area contributed by atoms with Crippen molar-refractivity contribution in [2.75, 3.05) is 18.5 Å². The van der Waals surface area contributed by atoms with E-state index < -0.39 is 12.0 Å². The first-order valence-electron chi connectivity index (χ1n) is 12.4. The summed E-state index contributed by atoms with van der Waals surface area (Å²) in [6.07, 6.45) is 11.0. The molecule has 174 valence electrons. The van der Waals surface area contributed by atoms with E-state index in [4.69, 9.17) is 9.72 Å². The molecule has 2 heterocycles. The summed E-state index contributed by atoms with van der Waals surface area (Å²) in [5, 5.41) is 15.7. The molecule has 1 atom stereocenters. The summed E-state index contributed by atoms with van der Waals surface area (Å²) in [6.45, 7) is 1.39. The molecule has 0 radical (unpaired) electrons. The van der Waals surface area contributed by atoms with Crippen LogP contribution < -0.4 is 10.6 Å². The van der Waals surface area contributed by atoms with Crippen LogP contribution in [0.3, 0.4) is 0 Å². The third-order valence-corrected chi connectivity index (χ3v) is 7.92. The average Bonchev–Trinajstić information content (AvgIpc) is 3.66. The fourth-order valence-electron chi connectivity index (χ4n) is 5.41. The number of aromatic nitrogens is 1. The van der Waals surface area contributed by atoms with Crippen LogP contribution in [0.25, 0.3) is 0 Å². The Hall–Kier alpha value is -2.15. The molecule has 0 spiro atoms. The highest BCUT2D eigenvalue weighted by atomic mass is 16.5. The molecule has 3 saturated carbocycles. The number of ether oxygens (including phenoxy) is 1. The van der Waals surface area contributed by atoms with Crippen molar-refractivity contribution in [3.8, 4) is 0 Å². The first-order chi connectivity index (χ1) is 15.5. The highest BCUT2D eigenvalue weighted by molar-refractivity contribution is 5.89. The number of carboxylic acid groups (broad SMARTS) is 1. The van der Waals surface area contributed by atoms with E-state index in [1.165, 1.54) is 12.0 Å². The molecule has 1 aromatic rings. The van der Waals surface area contributed by atoms with Gasteiger partial charge in [-0.15, -0.1) is 0 Å². The fraction of sp³-hybridized carbons (Fsp3) is 0.720. The standard InChI is InChI=1S/C25H35N3O4/c29-23(30)21(28-24(31)25(10-11-25)18-5-6-18)9-13-32-20-14-16(15-20)3-7-19-8-4-17-2-1-12-26-22(17)27-19/h4,8,16,18,20-21H,1-3,5-7,9-15H2,(H,26,27)(H,28,31)(H,29,30). The molecule has 0 bridgehead atoms. The van der Waals surface area contributed by atoms with Crippen LogP contribution in [0.15, 0.2) is 12.1 Å². The maximum atomic E-state index is 12.6. The summed E-state index contributed by atoms with van der Waals surface area (Å²) in [5.41, 5.74) is 2.23. The van der Waals surface area contributed by atoms with Gasteiger partial charge in [0.15, 0.2) is 0 Å². The van der Waals surface area contributed by atoms with Crippen LogP contribution in [0.4, 0.5) is 5.82 Å². The van der Waals surface area contributed by atoms with Crippen LogP contribution in [0, 0.1) is 17.3 Å². The minimum atomic E-state index is -0.966. The third kappa shape index (κ3) is 4.77. The van der Waals surface area contributed by atoms with Crippen molar-refractivity contribution in [3.05, 3.63) is 23.4 Å². The Bertz CT molecular complexity index is 859. The first kappa shape index (κ1) is 21.7. The van der Waals surface area contributed by atoms with Crippen LogP contribution in [-0.2, 0) is 27.2 Å². The number of carbonyl (C=O) groups is 2. The second-order valence-electron chi connectivity index (χ2n) is 10.3. The van der Waals surface area contributed by atoms with E-state index in [1.807, 2.05) is 0 Å². The number of fused-ring (bicyclic) bond motifs is 1. The number of anilines is 1. The minimum Gasteiger partial charge on any atom is -0.480 e. The van der Waals surface area contributed by atoms with Crippen molar-refractivity contribution in [1.29, 1.82) is 0 Å². The Morgan fingerprint density at radius 1 is 1.28 bits per heavy atom. The molecule has 1 aliphatic heterocycles. The summed E-state index contributed by atoms with van der Waals surface area (Å²) < 4.78 is 5.92. The zero-order valence-electron chi connectivity index (χ0n) is 18.8. The van der Waals surface area contributed by atoms with E-state index in [-0.39, 0.29) is 17.4 Å². The van der Waals surface area contributed by atoms with Gasteiger partial charge in [0, 0.05) is 25.3 Å². The molecule has 7 heteroatoms. The molecule has 7 nitrogen and oxygen atoms in total. The molecule has 4 aliphatic rings. The number of carbonyl (C=O) groups excluding carboxylic acids is 1. The van der Waals surface area contributed by atoms with Crippen molar-refractivity contribution in [2.24, 2.45) is 17.3 Å². The van der Waals surface area contributed by atoms with E-state index in [0.717, 1.165) is 75.8 Å². The maximum absolute atomic E-state index is 12.6. The Morgan fingerprint density at radius 2 is 2.09 bits per heavy atom. The zero-order chi connectivity index (χ0) is 22.1. The van der Waals surface area contributed by atoms with Crippen LogP contribution in [-0.4, -0.2) is 47.3 Å². The Balaban J connectivity index is 0.990. The molecular formula is C25H35N3O4. The molecule has 1 amide bonds. The van der Waals surface area contributed by atoms with E-state index in [9.17, 15) is 14.7 Å². The van der Waals surface area contributed by atoms with E-state index in [2.05, 4.69) is 22.8 Å². The molecule has 3 fully saturated rings. The number of amides is 1. The molecule has 5 rings (SSSR count). The van der Waals surface area contributed by atoms with Crippen molar-refractivity contribution < 1.29 is 19.4 Å².